The molecule has 1 heterocycles. The van der Waals surface area contributed by atoms with E-state index in [4.69, 9.17) is 0 Å². The molecule has 0 aliphatic heterocycles. The molecule has 1 aromatic heterocycles. The van der Waals surface area contributed by atoms with E-state index >= 15 is 0 Å². The first-order valence-electron chi connectivity index (χ1n) is 8.95. The molecule has 0 unspecified atom stereocenters. The first-order chi connectivity index (χ1) is 13.0. The summed E-state index contributed by atoms with van der Waals surface area (Å²) in [6.07, 6.45) is 1.66. The molecular weight excluding hydrogens is 334 g/mol. The van der Waals surface area contributed by atoms with Gasteiger partial charge in [-0.05, 0) is 55.5 Å². The lowest BCUT2D eigenvalue weighted by molar-refractivity contribution is 0.833. The Balaban J connectivity index is 1.77. The van der Waals surface area contributed by atoms with Crippen molar-refractivity contribution in [3.63, 3.8) is 0 Å². The van der Waals surface area contributed by atoms with Crippen LogP contribution in [0.15, 0.2) is 70.5 Å². The van der Waals surface area contributed by atoms with Crippen molar-refractivity contribution in [1.82, 2.24) is 9.78 Å². The van der Waals surface area contributed by atoms with E-state index in [1.54, 1.807) is 10.9 Å². The summed E-state index contributed by atoms with van der Waals surface area (Å²) in [5.74, 6) is 0. The van der Waals surface area contributed by atoms with Gasteiger partial charge in [0.2, 0.25) is 0 Å². The van der Waals surface area contributed by atoms with Crippen molar-refractivity contribution in [3.05, 3.63) is 93.4 Å². The summed E-state index contributed by atoms with van der Waals surface area (Å²) in [7, 11) is 0. The third-order valence-electron chi connectivity index (χ3n) is 4.97. The minimum atomic E-state index is -0.0975. The number of nitrogens with one attached hydrogen (secondary N) is 1. The van der Waals surface area contributed by atoms with E-state index in [1.165, 1.54) is 5.56 Å². The van der Waals surface area contributed by atoms with Gasteiger partial charge < -0.3 is 0 Å². The molecular formula is C23H21N3O. The summed E-state index contributed by atoms with van der Waals surface area (Å²) in [6, 6.07) is 20.1. The van der Waals surface area contributed by atoms with Crippen molar-refractivity contribution >= 4 is 22.7 Å². The van der Waals surface area contributed by atoms with Crippen LogP contribution in [0.25, 0.3) is 16.5 Å². The second-order valence-electron chi connectivity index (χ2n) is 6.82. The van der Waals surface area contributed by atoms with Gasteiger partial charge in [-0.25, -0.2) is 4.68 Å². The predicted octanol–water partition coefficient (Wildman–Crippen LogP) is 4.99. The zero-order valence-corrected chi connectivity index (χ0v) is 15.7. The van der Waals surface area contributed by atoms with Crippen molar-refractivity contribution in [2.24, 2.45) is 4.99 Å². The van der Waals surface area contributed by atoms with Crippen LogP contribution in [0.3, 0.4) is 0 Å². The highest BCUT2D eigenvalue weighted by atomic mass is 16.1. The van der Waals surface area contributed by atoms with E-state index in [-0.39, 0.29) is 5.56 Å². The second-order valence-corrected chi connectivity index (χ2v) is 6.82. The van der Waals surface area contributed by atoms with Gasteiger partial charge in [0.25, 0.3) is 5.56 Å². The lowest BCUT2D eigenvalue weighted by atomic mass is 10.1. The summed E-state index contributed by atoms with van der Waals surface area (Å²) >= 11 is 0. The fourth-order valence-electron chi connectivity index (χ4n) is 3.21. The van der Waals surface area contributed by atoms with E-state index in [0.717, 1.165) is 33.4 Å². The van der Waals surface area contributed by atoms with E-state index in [1.807, 2.05) is 62.4 Å². The molecule has 134 valence electrons. The van der Waals surface area contributed by atoms with Crippen molar-refractivity contribution in [1.29, 1.82) is 0 Å². The van der Waals surface area contributed by atoms with E-state index in [2.05, 4.69) is 29.1 Å². The van der Waals surface area contributed by atoms with Crippen LogP contribution in [-0.2, 0) is 0 Å². The van der Waals surface area contributed by atoms with Gasteiger partial charge in [0, 0.05) is 17.3 Å². The Morgan fingerprint density at radius 3 is 2.52 bits per heavy atom. The van der Waals surface area contributed by atoms with Crippen LogP contribution in [0.1, 0.15) is 22.4 Å². The average molecular weight is 355 g/mol. The van der Waals surface area contributed by atoms with Crippen molar-refractivity contribution in [2.45, 2.75) is 20.8 Å². The zero-order chi connectivity index (χ0) is 19.0. The molecule has 27 heavy (non-hydrogen) atoms. The minimum Gasteiger partial charge on any atom is -0.295 e. The molecule has 0 radical (unpaired) electrons. The van der Waals surface area contributed by atoms with Crippen LogP contribution in [0.5, 0.6) is 0 Å². The Bertz CT molecular complexity index is 1220. The number of aryl methyl sites for hydroxylation is 3. The SMILES string of the molecule is Cc1ccc(-n2[nH]c(C)c(C=Nc3cccc4ccccc34)c2=O)cc1C. The molecule has 0 saturated heterocycles. The van der Waals surface area contributed by atoms with Crippen LogP contribution >= 0.6 is 0 Å². The molecule has 3 aromatic carbocycles. The highest BCUT2D eigenvalue weighted by Gasteiger charge is 2.11. The van der Waals surface area contributed by atoms with E-state index in [0.29, 0.717) is 5.56 Å². The number of hydrogen-bond acceptors (Lipinski definition) is 2. The monoisotopic (exact) mass is 355 g/mol. The fourth-order valence-corrected chi connectivity index (χ4v) is 3.21. The van der Waals surface area contributed by atoms with Gasteiger partial charge in [0.05, 0.1) is 16.9 Å². The third kappa shape index (κ3) is 3.10. The lowest BCUT2D eigenvalue weighted by Gasteiger charge is -2.05. The number of fused-ring (bicyclic) bond motifs is 1. The molecule has 0 amide bonds. The van der Waals surface area contributed by atoms with Crippen molar-refractivity contribution < 1.29 is 0 Å². The van der Waals surface area contributed by atoms with Gasteiger partial charge in [-0.15, -0.1) is 0 Å². The fraction of sp³-hybridized carbons (Fsp3) is 0.130. The highest BCUT2D eigenvalue weighted by Crippen LogP contribution is 2.25. The van der Waals surface area contributed by atoms with E-state index < -0.39 is 0 Å². The van der Waals surface area contributed by atoms with Crippen LogP contribution in [0, 0.1) is 20.8 Å². The molecule has 1 N–H and O–H groups in total. The molecule has 0 aliphatic carbocycles. The summed E-state index contributed by atoms with van der Waals surface area (Å²) in [5.41, 5.74) is 5.30. The number of hydrogen-bond donors (Lipinski definition) is 1. The molecule has 4 rings (SSSR count). The summed E-state index contributed by atoms with van der Waals surface area (Å²) in [4.78, 5) is 17.5. The number of aromatic nitrogens is 2. The van der Waals surface area contributed by atoms with Crippen molar-refractivity contribution in [3.8, 4) is 5.69 Å². The van der Waals surface area contributed by atoms with Crippen molar-refractivity contribution in [2.75, 3.05) is 0 Å². The van der Waals surface area contributed by atoms with Gasteiger partial charge in [-0.2, -0.15) is 0 Å². The van der Waals surface area contributed by atoms with Gasteiger partial charge in [-0.3, -0.25) is 14.9 Å². The second kappa shape index (κ2) is 6.72. The molecule has 0 spiro atoms. The molecule has 4 nitrogen and oxygen atoms in total. The van der Waals surface area contributed by atoms with Gasteiger partial charge in [0.1, 0.15) is 0 Å². The molecule has 0 atom stereocenters. The smallest absolute Gasteiger partial charge is 0.280 e. The Kier molecular flexibility index (Phi) is 4.24. The summed E-state index contributed by atoms with van der Waals surface area (Å²) < 4.78 is 1.58. The topological polar surface area (TPSA) is 50.1 Å². The highest BCUT2D eigenvalue weighted by molar-refractivity contribution is 5.95. The van der Waals surface area contributed by atoms with Gasteiger partial charge >= 0.3 is 0 Å². The standard InChI is InChI=1S/C23H21N3O/c1-15-11-12-19(13-16(15)2)26-23(27)21(17(3)25-26)14-24-22-10-6-8-18-7-4-5-9-20(18)22/h4-14,25H,1-3H3. The molecule has 0 aliphatic rings. The quantitative estimate of drug-likeness (QED) is 0.517. The molecule has 0 saturated carbocycles. The molecule has 0 bridgehead atoms. The number of H-pyrrole nitrogens is 1. The summed E-state index contributed by atoms with van der Waals surface area (Å²) in [5, 5.41) is 5.36. The normalized spacial score (nSPS) is 11.5. The van der Waals surface area contributed by atoms with Crippen LogP contribution in [0.2, 0.25) is 0 Å². The summed E-state index contributed by atoms with van der Waals surface area (Å²) in [6.45, 7) is 6.00. The molecule has 4 heteroatoms. The van der Waals surface area contributed by atoms with Gasteiger partial charge in [-0.1, -0.05) is 42.5 Å². The van der Waals surface area contributed by atoms with Gasteiger partial charge in [0.15, 0.2) is 0 Å². The maximum Gasteiger partial charge on any atom is 0.280 e. The van der Waals surface area contributed by atoms with Crippen LogP contribution in [0.4, 0.5) is 5.69 Å². The number of aromatic amines is 1. The Morgan fingerprint density at radius 1 is 0.926 bits per heavy atom. The number of benzene rings is 3. The number of nitrogens with zero attached hydrogens (tertiary/aromatic N) is 2. The predicted molar refractivity (Wildman–Crippen MR) is 112 cm³/mol. The maximum atomic E-state index is 12.9. The number of aliphatic imine (C=N–C) groups is 1. The number of rotatable bonds is 3. The molecule has 0 fully saturated rings. The average Bonchev–Trinajstić information content (AvgIpc) is 2.96. The Hall–Kier alpha value is -3.40. The Labute approximate surface area is 157 Å². The first-order valence-corrected chi connectivity index (χ1v) is 8.95. The largest absolute Gasteiger partial charge is 0.295 e. The molecule has 4 aromatic rings. The maximum absolute atomic E-state index is 12.9. The minimum absolute atomic E-state index is 0.0975. The zero-order valence-electron chi connectivity index (χ0n) is 15.7. The van der Waals surface area contributed by atoms with Crippen LogP contribution < -0.4 is 5.56 Å². The first kappa shape index (κ1) is 17.0. The lowest BCUT2D eigenvalue weighted by Crippen LogP contribution is -2.17. The Morgan fingerprint density at radius 2 is 1.70 bits per heavy atom. The van der Waals surface area contributed by atoms with Crippen LogP contribution in [-0.4, -0.2) is 16.0 Å². The third-order valence-corrected chi connectivity index (χ3v) is 4.97. The van der Waals surface area contributed by atoms with E-state index in [9.17, 15) is 4.79 Å².